The van der Waals surface area contributed by atoms with E-state index in [1.54, 1.807) is 0 Å². The van der Waals surface area contributed by atoms with E-state index < -0.39 is 11.9 Å². The van der Waals surface area contributed by atoms with Gasteiger partial charge in [-0.1, -0.05) is 0 Å². The summed E-state index contributed by atoms with van der Waals surface area (Å²) in [7, 11) is 0. The van der Waals surface area contributed by atoms with Crippen LogP contribution in [-0.4, -0.2) is 25.2 Å². The maximum absolute atomic E-state index is 10.5. The van der Waals surface area contributed by atoms with E-state index in [4.69, 9.17) is 0 Å². The normalized spacial score (nSPS) is 22.0. The molecule has 0 spiro atoms. The average Bonchev–Trinajstić information content (AvgIpc) is 1.90. The Morgan fingerprint density at radius 2 is 1.40 bits per heavy atom. The van der Waals surface area contributed by atoms with Crippen LogP contribution in [-0.2, 0) is 19.1 Å². The lowest BCUT2D eigenvalue weighted by Gasteiger charge is -2.04. The van der Waals surface area contributed by atoms with Crippen LogP contribution in [0, 0.1) is 0 Å². The van der Waals surface area contributed by atoms with Crippen LogP contribution >= 0.6 is 0 Å². The van der Waals surface area contributed by atoms with Crippen molar-refractivity contribution in [2.45, 2.75) is 0 Å². The molecule has 0 N–H and O–H groups in total. The van der Waals surface area contributed by atoms with Crippen LogP contribution in [0.5, 0.6) is 0 Å². The van der Waals surface area contributed by atoms with Gasteiger partial charge in [-0.05, 0) is 0 Å². The molecule has 0 bridgehead atoms. The minimum atomic E-state index is -0.503. The van der Waals surface area contributed by atoms with Gasteiger partial charge in [0.05, 0.1) is 0 Å². The Morgan fingerprint density at radius 3 is 1.80 bits per heavy atom. The lowest BCUT2D eigenvalue weighted by atomic mass is 10.5. The van der Waals surface area contributed by atoms with Crippen LogP contribution in [0.4, 0.5) is 0 Å². The first kappa shape index (κ1) is 6.80. The Kier molecular flexibility index (Phi) is 2.04. The van der Waals surface area contributed by atoms with Crippen molar-refractivity contribution in [2.24, 2.45) is 0 Å². The molecule has 1 aliphatic heterocycles. The number of cyclic esters (lactones) is 2. The van der Waals surface area contributed by atoms with Crippen molar-refractivity contribution in [1.82, 2.24) is 0 Å². The molecular weight excluding hydrogens is 136 g/mol. The number of hydrogen-bond donors (Lipinski definition) is 0. The zero-order chi connectivity index (χ0) is 7.40. The molecule has 0 atom stereocenters. The summed E-state index contributed by atoms with van der Waals surface area (Å²) in [6, 6.07) is 0. The van der Waals surface area contributed by atoms with Gasteiger partial charge >= 0.3 is 11.9 Å². The third-order valence-corrected chi connectivity index (χ3v) is 0.927. The summed E-state index contributed by atoms with van der Waals surface area (Å²) in [5.74, 6) is -1.01. The first-order valence-electron chi connectivity index (χ1n) is 2.80. The zero-order valence-corrected chi connectivity index (χ0v) is 5.20. The molecule has 1 rings (SSSR count). The summed E-state index contributed by atoms with van der Waals surface area (Å²) in [6.45, 7) is 0.268. The van der Waals surface area contributed by atoms with Crippen molar-refractivity contribution in [2.75, 3.05) is 13.2 Å². The van der Waals surface area contributed by atoms with Crippen LogP contribution in [0.1, 0.15) is 0 Å². The Balaban J connectivity index is 2.58. The van der Waals surface area contributed by atoms with Crippen LogP contribution in [0.15, 0.2) is 12.2 Å². The van der Waals surface area contributed by atoms with E-state index in [9.17, 15) is 9.59 Å². The topological polar surface area (TPSA) is 52.6 Å². The first-order valence-corrected chi connectivity index (χ1v) is 2.80. The van der Waals surface area contributed by atoms with E-state index in [2.05, 4.69) is 9.47 Å². The molecule has 0 aliphatic carbocycles. The van der Waals surface area contributed by atoms with Crippen LogP contribution < -0.4 is 0 Å². The fourth-order valence-electron chi connectivity index (χ4n) is 0.517. The number of esters is 2. The molecule has 0 amide bonds. The van der Waals surface area contributed by atoms with Crippen molar-refractivity contribution in [3.8, 4) is 0 Å². The summed E-state index contributed by atoms with van der Waals surface area (Å²) in [4.78, 5) is 20.9. The second-order valence-corrected chi connectivity index (χ2v) is 1.67. The minimum absolute atomic E-state index is 0.134. The highest BCUT2D eigenvalue weighted by Gasteiger charge is 2.04. The molecule has 0 fully saturated rings. The summed E-state index contributed by atoms with van der Waals surface area (Å²) < 4.78 is 9.06. The fourth-order valence-corrected chi connectivity index (χ4v) is 0.517. The van der Waals surface area contributed by atoms with Crippen LogP contribution in [0.3, 0.4) is 0 Å². The molecule has 1 heterocycles. The van der Waals surface area contributed by atoms with Gasteiger partial charge in [-0.2, -0.15) is 0 Å². The lowest BCUT2D eigenvalue weighted by Crippen LogP contribution is -2.14. The van der Waals surface area contributed by atoms with Gasteiger partial charge in [0, 0.05) is 12.2 Å². The van der Waals surface area contributed by atoms with Gasteiger partial charge in [-0.15, -0.1) is 0 Å². The molecule has 0 unspecified atom stereocenters. The second-order valence-electron chi connectivity index (χ2n) is 1.67. The molecule has 0 saturated heterocycles. The number of hydrogen-bond acceptors (Lipinski definition) is 4. The number of carbonyl (C=O) groups excluding carboxylic acids is 2. The Labute approximate surface area is 57.4 Å². The quantitative estimate of drug-likeness (QED) is 0.433. The third kappa shape index (κ3) is 1.89. The van der Waals surface area contributed by atoms with Crippen molar-refractivity contribution in [3.05, 3.63) is 12.2 Å². The highest BCUT2D eigenvalue weighted by molar-refractivity contribution is 5.92. The minimum Gasteiger partial charge on any atom is -0.459 e. The highest BCUT2D eigenvalue weighted by atomic mass is 16.6. The van der Waals surface area contributed by atoms with Gasteiger partial charge in [-0.3, -0.25) is 0 Å². The summed E-state index contributed by atoms with van der Waals surface area (Å²) in [5, 5.41) is 0. The molecule has 10 heavy (non-hydrogen) atoms. The standard InChI is InChI=1S/C6H6O4/c7-5-1-2-6(8)10-4-3-9-5/h1-2H,3-4H2/b2-1+. The summed E-state index contributed by atoms with van der Waals surface area (Å²) >= 11 is 0. The molecule has 0 aromatic rings. The Hall–Kier alpha value is -1.32. The molecule has 0 aromatic heterocycles. The maximum Gasteiger partial charge on any atom is 0.331 e. The van der Waals surface area contributed by atoms with Gasteiger partial charge in [0.25, 0.3) is 0 Å². The monoisotopic (exact) mass is 142 g/mol. The Bertz CT molecular complexity index is 162. The molecule has 4 heteroatoms. The van der Waals surface area contributed by atoms with Crippen molar-refractivity contribution in [1.29, 1.82) is 0 Å². The molecule has 1 aliphatic rings. The lowest BCUT2D eigenvalue weighted by molar-refractivity contribution is -0.148. The predicted molar refractivity (Wildman–Crippen MR) is 31.1 cm³/mol. The molecule has 54 valence electrons. The van der Waals surface area contributed by atoms with Crippen molar-refractivity contribution in [3.63, 3.8) is 0 Å². The smallest absolute Gasteiger partial charge is 0.331 e. The van der Waals surface area contributed by atoms with E-state index >= 15 is 0 Å². The maximum atomic E-state index is 10.5. The van der Waals surface area contributed by atoms with Crippen LogP contribution in [0.2, 0.25) is 0 Å². The van der Waals surface area contributed by atoms with Gasteiger partial charge in [0.15, 0.2) is 0 Å². The predicted octanol–water partition coefficient (Wildman–Crippen LogP) is -0.357. The van der Waals surface area contributed by atoms with Gasteiger partial charge in [0.1, 0.15) is 13.2 Å². The van der Waals surface area contributed by atoms with E-state index in [1.165, 1.54) is 0 Å². The number of ether oxygens (including phenoxy) is 2. The summed E-state index contributed by atoms with van der Waals surface area (Å²) in [5.41, 5.74) is 0. The number of carbonyl (C=O) groups is 2. The summed E-state index contributed by atoms with van der Waals surface area (Å²) in [6.07, 6.45) is 2.09. The first-order chi connectivity index (χ1) is 4.79. The molecule has 0 aromatic carbocycles. The van der Waals surface area contributed by atoms with Crippen molar-refractivity contribution < 1.29 is 19.1 Å². The zero-order valence-electron chi connectivity index (χ0n) is 5.20. The van der Waals surface area contributed by atoms with Crippen molar-refractivity contribution >= 4 is 11.9 Å². The van der Waals surface area contributed by atoms with E-state index in [0.29, 0.717) is 0 Å². The van der Waals surface area contributed by atoms with E-state index in [0.717, 1.165) is 12.2 Å². The molecular formula is C6H6O4. The van der Waals surface area contributed by atoms with Gasteiger partial charge in [0.2, 0.25) is 0 Å². The highest BCUT2D eigenvalue weighted by Crippen LogP contribution is 1.90. The Morgan fingerprint density at radius 1 is 1.00 bits per heavy atom. The van der Waals surface area contributed by atoms with Gasteiger partial charge < -0.3 is 9.47 Å². The number of rotatable bonds is 0. The largest absolute Gasteiger partial charge is 0.459 e. The second kappa shape index (κ2) is 3.00. The van der Waals surface area contributed by atoms with Crippen LogP contribution in [0.25, 0.3) is 0 Å². The van der Waals surface area contributed by atoms with Gasteiger partial charge in [-0.25, -0.2) is 9.59 Å². The third-order valence-electron chi connectivity index (χ3n) is 0.927. The van der Waals surface area contributed by atoms with E-state index in [-0.39, 0.29) is 13.2 Å². The molecule has 0 radical (unpaired) electrons. The molecule has 4 nitrogen and oxygen atoms in total. The SMILES string of the molecule is O=C1/C=C/C(=O)OCCO1. The van der Waals surface area contributed by atoms with E-state index in [1.807, 2.05) is 0 Å². The fraction of sp³-hybridized carbons (Fsp3) is 0.333. The average molecular weight is 142 g/mol. The molecule has 0 saturated carbocycles.